The maximum absolute atomic E-state index is 12.6. The summed E-state index contributed by atoms with van der Waals surface area (Å²) in [4.78, 5) is 15.8. The van der Waals surface area contributed by atoms with Crippen molar-refractivity contribution in [3.8, 4) is 5.75 Å². The number of H-pyrrole nitrogens is 1. The van der Waals surface area contributed by atoms with Gasteiger partial charge in [0.2, 0.25) is 0 Å². The molecule has 3 nitrogen and oxygen atoms in total. The number of carbonyl (C=O) groups excluding carboxylic acids is 1. The maximum atomic E-state index is 12.6. The van der Waals surface area contributed by atoms with Crippen LogP contribution in [-0.4, -0.2) is 17.4 Å². The summed E-state index contributed by atoms with van der Waals surface area (Å²) in [6, 6.07) is 5.89. The molecule has 0 spiro atoms. The number of ether oxygens (including phenoxy) is 1. The summed E-state index contributed by atoms with van der Waals surface area (Å²) in [6.45, 7) is 7.06. The van der Waals surface area contributed by atoms with Crippen molar-refractivity contribution >= 4 is 16.7 Å². The van der Waals surface area contributed by atoms with E-state index in [1.165, 1.54) is 0 Å². The number of fused-ring (bicyclic) bond motifs is 1. The molecule has 1 fully saturated rings. The largest absolute Gasteiger partial charge is 0.493 e. The smallest absolute Gasteiger partial charge is 0.168 e. The van der Waals surface area contributed by atoms with Crippen LogP contribution in [0.15, 0.2) is 24.4 Å². The summed E-state index contributed by atoms with van der Waals surface area (Å²) in [5.41, 5.74) is 1.91. The Labute approximate surface area is 119 Å². The maximum Gasteiger partial charge on any atom is 0.168 e. The molecule has 1 aromatic carbocycles. The van der Waals surface area contributed by atoms with Gasteiger partial charge in [0, 0.05) is 23.2 Å². The topological polar surface area (TPSA) is 42.1 Å². The Morgan fingerprint density at radius 1 is 1.45 bits per heavy atom. The van der Waals surface area contributed by atoms with Gasteiger partial charge >= 0.3 is 0 Å². The summed E-state index contributed by atoms with van der Waals surface area (Å²) in [6.07, 6.45) is 3.77. The molecule has 0 bridgehead atoms. The zero-order chi connectivity index (χ0) is 14.3. The zero-order valence-corrected chi connectivity index (χ0v) is 12.3. The minimum absolute atomic E-state index is 0.153. The third kappa shape index (κ3) is 2.11. The van der Waals surface area contributed by atoms with Gasteiger partial charge in [0.05, 0.1) is 12.0 Å². The van der Waals surface area contributed by atoms with Crippen LogP contribution in [0.1, 0.15) is 44.0 Å². The molecule has 1 unspecified atom stereocenters. The molecule has 2 aromatic rings. The Morgan fingerprint density at radius 3 is 2.85 bits per heavy atom. The summed E-state index contributed by atoms with van der Waals surface area (Å²) in [7, 11) is 0. The Balaban J connectivity index is 2.01. The van der Waals surface area contributed by atoms with E-state index < -0.39 is 0 Å². The highest BCUT2D eigenvalue weighted by molar-refractivity contribution is 6.12. The van der Waals surface area contributed by atoms with E-state index in [0.29, 0.717) is 6.61 Å². The molecule has 1 heterocycles. The first-order valence-electron chi connectivity index (χ1n) is 7.31. The Hall–Kier alpha value is -1.77. The van der Waals surface area contributed by atoms with Gasteiger partial charge in [-0.25, -0.2) is 0 Å². The molecule has 1 aliphatic carbocycles. The Morgan fingerprint density at radius 2 is 2.20 bits per heavy atom. The number of aromatic amines is 1. The van der Waals surface area contributed by atoms with Crippen molar-refractivity contribution in [3.05, 3.63) is 30.0 Å². The first-order chi connectivity index (χ1) is 9.54. The molecule has 0 amide bonds. The fourth-order valence-electron chi connectivity index (χ4n) is 2.78. The van der Waals surface area contributed by atoms with E-state index in [2.05, 4.69) is 25.8 Å². The summed E-state index contributed by atoms with van der Waals surface area (Å²) in [5, 5.41) is 0.939. The standard InChI is InChI=1S/C17H21NO2/c1-4-8-20-14-7-5-6-13-15(14)11(10-18-13)16(19)12-9-17(12,2)3/h5-7,10,12,18H,4,8-9H2,1-3H3. The predicted octanol–water partition coefficient (Wildman–Crippen LogP) is 4.19. The quantitative estimate of drug-likeness (QED) is 0.829. The molecule has 3 rings (SSSR count). The molecule has 1 aromatic heterocycles. The highest BCUT2D eigenvalue weighted by atomic mass is 16.5. The highest BCUT2D eigenvalue weighted by Crippen LogP contribution is 2.53. The van der Waals surface area contributed by atoms with E-state index in [1.807, 2.05) is 24.4 Å². The lowest BCUT2D eigenvalue weighted by atomic mass is 10.0. The van der Waals surface area contributed by atoms with E-state index in [-0.39, 0.29) is 17.1 Å². The lowest BCUT2D eigenvalue weighted by molar-refractivity contribution is 0.0954. The van der Waals surface area contributed by atoms with E-state index in [0.717, 1.165) is 35.1 Å². The Bertz CT molecular complexity index is 654. The van der Waals surface area contributed by atoms with Crippen molar-refractivity contribution in [2.45, 2.75) is 33.6 Å². The minimum atomic E-state index is 0.153. The zero-order valence-electron chi connectivity index (χ0n) is 12.3. The average molecular weight is 271 g/mol. The van der Waals surface area contributed by atoms with E-state index in [9.17, 15) is 4.79 Å². The van der Waals surface area contributed by atoms with Crippen LogP contribution >= 0.6 is 0 Å². The van der Waals surface area contributed by atoms with Gasteiger partial charge in [0.1, 0.15) is 5.75 Å². The number of ketones is 1. The van der Waals surface area contributed by atoms with Crippen LogP contribution in [0, 0.1) is 11.3 Å². The molecule has 1 atom stereocenters. The fourth-order valence-corrected chi connectivity index (χ4v) is 2.78. The van der Waals surface area contributed by atoms with Gasteiger partial charge in [-0.1, -0.05) is 26.8 Å². The van der Waals surface area contributed by atoms with Crippen molar-refractivity contribution < 1.29 is 9.53 Å². The van der Waals surface area contributed by atoms with Crippen molar-refractivity contribution in [1.29, 1.82) is 0 Å². The summed E-state index contributed by atoms with van der Waals surface area (Å²) in [5.74, 6) is 1.21. The molecule has 3 heteroatoms. The number of carbonyl (C=O) groups is 1. The second-order valence-corrected chi connectivity index (χ2v) is 6.34. The van der Waals surface area contributed by atoms with Gasteiger partial charge in [-0.3, -0.25) is 4.79 Å². The van der Waals surface area contributed by atoms with Crippen molar-refractivity contribution in [2.24, 2.45) is 11.3 Å². The molecule has 20 heavy (non-hydrogen) atoms. The normalized spacial score (nSPS) is 20.1. The third-order valence-corrected chi connectivity index (χ3v) is 4.22. The fraction of sp³-hybridized carbons (Fsp3) is 0.471. The van der Waals surface area contributed by atoms with Crippen molar-refractivity contribution in [2.75, 3.05) is 6.61 Å². The molecule has 1 N–H and O–H groups in total. The summed E-state index contributed by atoms with van der Waals surface area (Å²) >= 11 is 0. The second-order valence-electron chi connectivity index (χ2n) is 6.34. The molecule has 1 aliphatic rings. The number of hydrogen-bond donors (Lipinski definition) is 1. The van der Waals surface area contributed by atoms with Crippen LogP contribution in [0.2, 0.25) is 0 Å². The van der Waals surface area contributed by atoms with Crippen LogP contribution in [0.4, 0.5) is 0 Å². The number of aromatic nitrogens is 1. The van der Waals surface area contributed by atoms with Crippen LogP contribution < -0.4 is 4.74 Å². The molecule has 0 saturated heterocycles. The summed E-state index contributed by atoms with van der Waals surface area (Å²) < 4.78 is 5.80. The number of Topliss-reactive ketones (excluding diaryl/α,β-unsaturated/α-hetero) is 1. The number of nitrogens with one attached hydrogen (secondary N) is 1. The number of benzene rings is 1. The van der Waals surface area contributed by atoms with Gasteiger partial charge in [-0.2, -0.15) is 0 Å². The predicted molar refractivity (Wildman–Crippen MR) is 80.3 cm³/mol. The van der Waals surface area contributed by atoms with E-state index in [1.54, 1.807) is 0 Å². The first-order valence-corrected chi connectivity index (χ1v) is 7.31. The van der Waals surface area contributed by atoms with Gasteiger partial charge in [0.15, 0.2) is 5.78 Å². The third-order valence-electron chi connectivity index (χ3n) is 4.22. The minimum Gasteiger partial charge on any atom is -0.493 e. The van der Waals surface area contributed by atoms with Crippen LogP contribution in [0.25, 0.3) is 10.9 Å². The average Bonchev–Trinajstić information content (AvgIpc) is 2.87. The van der Waals surface area contributed by atoms with Crippen molar-refractivity contribution in [1.82, 2.24) is 4.98 Å². The van der Waals surface area contributed by atoms with E-state index in [4.69, 9.17) is 4.74 Å². The monoisotopic (exact) mass is 271 g/mol. The SMILES string of the molecule is CCCOc1cccc2[nH]cc(C(=O)C3CC3(C)C)c12. The van der Waals surface area contributed by atoms with Crippen LogP contribution in [-0.2, 0) is 0 Å². The first kappa shape index (κ1) is 13.2. The Kier molecular flexibility index (Phi) is 3.08. The van der Waals surface area contributed by atoms with Crippen LogP contribution in [0.5, 0.6) is 5.75 Å². The molecule has 0 aliphatic heterocycles. The molecule has 0 radical (unpaired) electrons. The molecular weight excluding hydrogens is 250 g/mol. The van der Waals surface area contributed by atoms with Gasteiger partial charge in [-0.15, -0.1) is 0 Å². The van der Waals surface area contributed by atoms with Crippen molar-refractivity contribution in [3.63, 3.8) is 0 Å². The van der Waals surface area contributed by atoms with Gasteiger partial charge in [-0.05, 0) is 30.4 Å². The molecule has 106 valence electrons. The van der Waals surface area contributed by atoms with Gasteiger partial charge in [0.25, 0.3) is 0 Å². The molecular formula is C17H21NO2. The van der Waals surface area contributed by atoms with Gasteiger partial charge < -0.3 is 9.72 Å². The highest BCUT2D eigenvalue weighted by Gasteiger charge is 2.50. The number of rotatable bonds is 5. The molecule has 1 saturated carbocycles. The van der Waals surface area contributed by atoms with Crippen LogP contribution in [0.3, 0.4) is 0 Å². The lowest BCUT2D eigenvalue weighted by Gasteiger charge is -2.08. The number of hydrogen-bond acceptors (Lipinski definition) is 2. The van der Waals surface area contributed by atoms with E-state index >= 15 is 0 Å². The lowest BCUT2D eigenvalue weighted by Crippen LogP contribution is -2.06. The second kappa shape index (κ2) is 4.65.